The van der Waals surface area contributed by atoms with Gasteiger partial charge in [-0.2, -0.15) is 0 Å². The lowest BCUT2D eigenvalue weighted by molar-refractivity contribution is 0.585. The lowest BCUT2D eigenvalue weighted by Crippen LogP contribution is -2.14. The molecule has 0 aliphatic heterocycles. The summed E-state index contributed by atoms with van der Waals surface area (Å²) < 4.78 is 27.6. The van der Waals surface area contributed by atoms with Crippen LogP contribution in [0.4, 0.5) is 14.6 Å². The quantitative estimate of drug-likeness (QED) is 0.782. The number of nitrogens with two attached hydrogens (primary N) is 2. The molecular weight excluding hydrogens is 226 g/mol. The minimum absolute atomic E-state index is 0.141. The van der Waals surface area contributed by atoms with Crippen LogP contribution in [0.2, 0.25) is 0 Å². The zero-order valence-corrected chi connectivity index (χ0v) is 9.24. The van der Waals surface area contributed by atoms with E-state index in [1.54, 1.807) is 0 Å². The number of benzene rings is 1. The first-order valence-corrected chi connectivity index (χ1v) is 5.12. The Hall–Kier alpha value is -2.11. The number of nitrogen functional groups attached to an aromatic ring is 2. The van der Waals surface area contributed by atoms with Crippen molar-refractivity contribution in [3.05, 3.63) is 35.7 Å². The molecular formula is C11H12F2N4. The average Bonchev–Trinajstić information content (AvgIpc) is 2.57. The standard InChI is InChI=1S/C11H12F2N4/c1-2-9-16-10(11(14)17(9)15)7-4-3-6(12)5-8(7)13/h3-5H,2,14-15H2,1H3. The summed E-state index contributed by atoms with van der Waals surface area (Å²) in [4.78, 5) is 4.14. The normalized spacial score (nSPS) is 10.8. The van der Waals surface area contributed by atoms with Crippen molar-refractivity contribution in [1.82, 2.24) is 9.66 Å². The van der Waals surface area contributed by atoms with Crippen molar-refractivity contribution >= 4 is 5.82 Å². The van der Waals surface area contributed by atoms with Crippen LogP contribution in [0.1, 0.15) is 12.7 Å². The van der Waals surface area contributed by atoms with Gasteiger partial charge in [0, 0.05) is 18.1 Å². The molecule has 6 heteroatoms. The van der Waals surface area contributed by atoms with Gasteiger partial charge in [0.05, 0.1) is 0 Å². The number of aryl methyl sites for hydroxylation is 1. The summed E-state index contributed by atoms with van der Waals surface area (Å²) in [6.45, 7) is 1.86. The maximum Gasteiger partial charge on any atom is 0.150 e. The van der Waals surface area contributed by atoms with E-state index in [2.05, 4.69) is 4.98 Å². The molecule has 1 heterocycles. The fraction of sp³-hybridized carbons (Fsp3) is 0.182. The highest BCUT2D eigenvalue weighted by Gasteiger charge is 2.16. The molecule has 0 aliphatic rings. The minimum atomic E-state index is -0.711. The van der Waals surface area contributed by atoms with Crippen molar-refractivity contribution in [3.8, 4) is 11.3 Å². The van der Waals surface area contributed by atoms with E-state index in [1.807, 2.05) is 6.92 Å². The van der Waals surface area contributed by atoms with Gasteiger partial charge in [0.2, 0.25) is 0 Å². The van der Waals surface area contributed by atoms with Crippen molar-refractivity contribution in [2.24, 2.45) is 0 Å². The highest BCUT2D eigenvalue weighted by atomic mass is 19.1. The van der Waals surface area contributed by atoms with Gasteiger partial charge in [0.15, 0.2) is 5.82 Å². The third-order valence-electron chi connectivity index (χ3n) is 2.52. The number of imidazole rings is 1. The van der Waals surface area contributed by atoms with Gasteiger partial charge >= 0.3 is 0 Å². The highest BCUT2D eigenvalue weighted by Crippen LogP contribution is 2.27. The van der Waals surface area contributed by atoms with E-state index in [9.17, 15) is 8.78 Å². The summed E-state index contributed by atoms with van der Waals surface area (Å²) in [5.74, 6) is 5.01. The number of hydrogen-bond donors (Lipinski definition) is 2. The molecule has 0 radical (unpaired) electrons. The van der Waals surface area contributed by atoms with Crippen LogP contribution in [0.5, 0.6) is 0 Å². The fourth-order valence-corrected chi connectivity index (χ4v) is 1.62. The van der Waals surface area contributed by atoms with Crippen LogP contribution in [0.15, 0.2) is 18.2 Å². The second-order valence-electron chi connectivity index (χ2n) is 3.61. The number of hydrogen-bond acceptors (Lipinski definition) is 3. The van der Waals surface area contributed by atoms with Crippen molar-refractivity contribution in [2.75, 3.05) is 11.6 Å². The Morgan fingerprint density at radius 1 is 1.35 bits per heavy atom. The lowest BCUT2D eigenvalue weighted by atomic mass is 10.1. The summed E-state index contributed by atoms with van der Waals surface area (Å²) >= 11 is 0. The van der Waals surface area contributed by atoms with Crippen LogP contribution in [0, 0.1) is 11.6 Å². The smallest absolute Gasteiger partial charge is 0.150 e. The van der Waals surface area contributed by atoms with Crippen LogP contribution >= 0.6 is 0 Å². The first kappa shape index (κ1) is 11.4. The first-order valence-electron chi connectivity index (χ1n) is 5.12. The molecule has 0 bridgehead atoms. The average molecular weight is 238 g/mol. The van der Waals surface area contributed by atoms with Crippen molar-refractivity contribution < 1.29 is 8.78 Å². The van der Waals surface area contributed by atoms with Gasteiger partial charge in [-0.15, -0.1) is 0 Å². The van der Waals surface area contributed by atoms with E-state index in [4.69, 9.17) is 11.6 Å². The molecule has 0 atom stereocenters. The van der Waals surface area contributed by atoms with Gasteiger partial charge in [0.25, 0.3) is 0 Å². The number of rotatable bonds is 2. The van der Waals surface area contributed by atoms with Crippen LogP contribution in [-0.2, 0) is 6.42 Å². The number of nitrogens with zero attached hydrogens (tertiary/aromatic N) is 2. The molecule has 90 valence electrons. The van der Waals surface area contributed by atoms with Gasteiger partial charge in [0.1, 0.15) is 23.2 Å². The van der Waals surface area contributed by atoms with E-state index >= 15 is 0 Å². The molecule has 0 unspecified atom stereocenters. The van der Waals surface area contributed by atoms with Gasteiger partial charge in [-0.1, -0.05) is 6.92 Å². The SMILES string of the molecule is CCc1nc(-c2ccc(F)cc2F)c(N)n1N. The van der Waals surface area contributed by atoms with E-state index in [-0.39, 0.29) is 17.1 Å². The highest BCUT2D eigenvalue weighted by molar-refractivity contribution is 5.71. The van der Waals surface area contributed by atoms with Gasteiger partial charge < -0.3 is 11.6 Å². The Labute approximate surface area is 96.8 Å². The Kier molecular flexibility index (Phi) is 2.71. The Balaban J connectivity index is 2.60. The summed E-state index contributed by atoms with van der Waals surface area (Å²) in [5, 5.41) is 0. The maximum absolute atomic E-state index is 13.6. The summed E-state index contributed by atoms with van der Waals surface area (Å²) in [7, 11) is 0. The molecule has 0 aliphatic carbocycles. The van der Waals surface area contributed by atoms with E-state index in [0.29, 0.717) is 12.2 Å². The summed E-state index contributed by atoms with van der Waals surface area (Å²) in [6, 6.07) is 3.23. The molecule has 1 aromatic heterocycles. The molecule has 17 heavy (non-hydrogen) atoms. The topological polar surface area (TPSA) is 69.9 Å². The fourth-order valence-electron chi connectivity index (χ4n) is 1.62. The lowest BCUT2D eigenvalue weighted by Gasteiger charge is -2.02. The number of anilines is 1. The zero-order valence-electron chi connectivity index (χ0n) is 9.24. The largest absolute Gasteiger partial charge is 0.382 e. The number of aromatic nitrogens is 2. The monoisotopic (exact) mass is 238 g/mol. The van der Waals surface area contributed by atoms with Crippen LogP contribution in [-0.4, -0.2) is 9.66 Å². The predicted octanol–water partition coefficient (Wildman–Crippen LogP) is 1.69. The Bertz CT molecular complexity index is 563. The van der Waals surface area contributed by atoms with Crippen molar-refractivity contribution in [2.45, 2.75) is 13.3 Å². The zero-order chi connectivity index (χ0) is 12.6. The molecule has 0 saturated carbocycles. The second kappa shape index (κ2) is 4.04. The molecule has 0 spiro atoms. The molecule has 1 aromatic carbocycles. The van der Waals surface area contributed by atoms with Crippen molar-refractivity contribution in [3.63, 3.8) is 0 Å². The molecule has 2 aromatic rings. The molecule has 0 saturated heterocycles. The molecule has 4 N–H and O–H groups in total. The Morgan fingerprint density at radius 3 is 2.59 bits per heavy atom. The summed E-state index contributed by atoms with van der Waals surface area (Å²) in [6.07, 6.45) is 0.573. The second-order valence-corrected chi connectivity index (χ2v) is 3.61. The van der Waals surface area contributed by atoms with E-state index in [0.717, 1.165) is 12.1 Å². The summed E-state index contributed by atoms with van der Waals surface area (Å²) in [5.41, 5.74) is 6.11. The van der Waals surface area contributed by atoms with E-state index < -0.39 is 11.6 Å². The molecule has 4 nitrogen and oxygen atoms in total. The van der Waals surface area contributed by atoms with Gasteiger partial charge in [-0.25, -0.2) is 18.4 Å². The third kappa shape index (κ3) is 1.82. The predicted molar refractivity (Wildman–Crippen MR) is 61.5 cm³/mol. The maximum atomic E-state index is 13.6. The van der Waals surface area contributed by atoms with Gasteiger partial charge in [-0.05, 0) is 12.1 Å². The minimum Gasteiger partial charge on any atom is -0.382 e. The first-order chi connectivity index (χ1) is 8.04. The molecule has 0 amide bonds. The van der Waals surface area contributed by atoms with Gasteiger partial charge in [-0.3, -0.25) is 0 Å². The Morgan fingerprint density at radius 2 is 2.06 bits per heavy atom. The molecule has 2 rings (SSSR count). The third-order valence-corrected chi connectivity index (χ3v) is 2.52. The number of halogens is 2. The van der Waals surface area contributed by atoms with Crippen LogP contribution in [0.3, 0.4) is 0 Å². The van der Waals surface area contributed by atoms with E-state index in [1.165, 1.54) is 10.7 Å². The molecule has 0 fully saturated rings. The van der Waals surface area contributed by atoms with Crippen LogP contribution < -0.4 is 11.6 Å². The van der Waals surface area contributed by atoms with Crippen LogP contribution in [0.25, 0.3) is 11.3 Å². The van der Waals surface area contributed by atoms with Crippen molar-refractivity contribution in [1.29, 1.82) is 0 Å².